The topological polar surface area (TPSA) is 96.0 Å². The Labute approximate surface area is 179 Å². The molecule has 0 atom stereocenters. The zero-order chi connectivity index (χ0) is 22.8. The van der Waals surface area contributed by atoms with Gasteiger partial charge in [-0.05, 0) is 13.8 Å². The second kappa shape index (κ2) is 12.5. The summed E-state index contributed by atoms with van der Waals surface area (Å²) in [6.07, 6.45) is 0.840. The summed E-state index contributed by atoms with van der Waals surface area (Å²) in [6, 6.07) is 0. The van der Waals surface area contributed by atoms with Crippen LogP contribution in [0.15, 0.2) is 0 Å². The average molecular weight is 429 g/mol. The molecule has 0 unspecified atom stereocenters. The van der Waals surface area contributed by atoms with Gasteiger partial charge in [-0.3, -0.25) is 19.2 Å². The highest BCUT2D eigenvalue weighted by Crippen LogP contribution is 2.31. The van der Waals surface area contributed by atoms with Crippen LogP contribution in [0.3, 0.4) is 0 Å². The number of ether oxygens (including phenoxy) is 2. The van der Waals surface area contributed by atoms with Crippen molar-refractivity contribution in [1.82, 2.24) is 0 Å². The fourth-order valence-electron chi connectivity index (χ4n) is 2.87. The minimum Gasteiger partial charge on any atom is -0.499 e. The first-order valence-electron chi connectivity index (χ1n) is 10.1. The van der Waals surface area contributed by atoms with Crippen molar-refractivity contribution in [2.75, 3.05) is 14.2 Å². The summed E-state index contributed by atoms with van der Waals surface area (Å²) in [5.41, 5.74) is -1.29. The van der Waals surface area contributed by atoms with Gasteiger partial charge in [0.15, 0.2) is 0 Å². The molecule has 7 nitrogen and oxygen atoms in total. The van der Waals surface area contributed by atoms with Crippen LogP contribution in [0.2, 0.25) is 10.6 Å². The summed E-state index contributed by atoms with van der Waals surface area (Å²) in [5, 5.41) is 1.53. The maximum absolute atomic E-state index is 12.4. The Kier molecular flexibility index (Phi) is 11.9. The van der Waals surface area contributed by atoms with Crippen LogP contribution in [0, 0.1) is 10.8 Å². The van der Waals surface area contributed by atoms with Crippen LogP contribution >= 0.6 is 0 Å². The molecular weight excluding hydrogens is 391 g/mol. The van der Waals surface area contributed by atoms with Gasteiger partial charge in [-0.1, -0.05) is 51.1 Å². The van der Waals surface area contributed by atoms with Gasteiger partial charge in [0.25, 0.3) is 0 Å². The van der Waals surface area contributed by atoms with Gasteiger partial charge < -0.3 is 13.3 Å². The first-order chi connectivity index (χ1) is 13.2. The Hall–Kier alpha value is -1.23. The van der Waals surface area contributed by atoms with E-state index in [1.165, 1.54) is 14.2 Å². The van der Waals surface area contributed by atoms with Crippen molar-refractivity contribution in [1.29, 1.82) is 0 Å². The zero-order valence-corrected chi connectivity index (χ0v) is 20.4. The molecule has 0 aliphatic carbocycles. The predicted molar refractivity (Wildman–Crippen MR) is 112 cm³/mol. The largest absolute Gasteiger partial charge is 0.499 e. The van der Waals surface area contributed by atoms with Crippen LogP contribution in [-0.4, -0.2) is 58.3 Å². The third-order valence-corrected chi connectivity index (χ3v) is 8.02. The number of ketones is 2. The first-order valence-corrected chi connectivity index (χ1v) is 12.2. The van der Waals surface area contributed by atoms with E-state index in [-0.39, 0.29) is 30.5 Å². The predicted octanol–water partition coefficient (Wildman–Crippen LogP) is 3.50. The van der Waals surface area contributed by atoms with Crippen molar-refractivity contribution in [3.05, 3.63) is 0 Å². The SMILES string of the molecule is COC(=O)CC(=O)C(C)(C)C[CH2][Al]([CH2]CC(C)(C)C(=O)CC(=O)OC)[O]C(C)C. The molecule has 0 fully saturated rings. The Morgan fingerprint density at radius 3 is 1.38 bits per heavy atom. The highest BCUT2D eigenvalue weighted by Gasteiger charge is 2.35. The molecule has 0 heterocycles. The number of methoxy groups -OCH3 is 2. The Morgan fingerprint density at radius 2 is 1.10 bits per heavy atom. The van der Waals surface area contributed by atoms with Crippen molar-refractivity contribution >= 4 is 38.0 Å². The van der Waals surface area contributed by atoms with Crippen LogP contribution in [0.4, 0.5) is 0 Å². The minimum absolute atomic E-state index is 0.0643. The Balaban J connectivity index is 4.93. The van der Waals surface area contributed by atoms with Crippen molar-refractivity contribution in [2.24, 2.45) is 10.8 Å². The summed E-state index contributed by atoms with van der Waals surface area (Å²) >= 11 is -1.70. The lowest BCUT2D eigenvalue weighted by Crippen LogP contribution is -2.32. The van der Waals surface area contributed by atoms with E-state index >= 15 is 0 Å². The van der Waals surface area contributed by atoms with Crippen LogP contribution in [0.5, 0.6) is 0 Å². The maximum atomic E-state index is 12.4. The molecule has 0 aliphatic rings. The quantitative estimate of drug-likeness (QED) is 0.237. The summed E-state index contributed by atoms with van der Waals surface area (Å²) in [6.45, 7) is 11.3. The summed E-state index contributed by atoms with van der Waals surface area (Å²) in [7, 11) is 2.54. The molecule has 0 radical (unpaired) electrons. The second-order valence-corrected chi connectivity index (χ2v) is 11.7. The number of hydrogen-bond acceptors (Lipinski definition) is 7. The fourth-order valence-corrected chi connectivity index (χ4v) is 6.29. The summed E-state index contributed by atoms with van der Waals surface area (Å²) in [5.74, 6) is -1.34. The maximum Gasteiger partial charge on any atom is 0.461 e. The molecule has 0 saturated carbocycles. The number of hydrogen-bond donors (Lipinski definition) is 0. The van der Waals surface area contributed by atoms with Gasteiger partial charge in [0.1, 0.15) is 24.4 Å². The standard InChI is InChI=1S/2C9H15O3.C3H7O.Al/c2*1-5-9(2,3)7(10)6-8(11)12-4;1-3(2)4;/h2*1,5-6H2,2-4H3;3H,1-2H3;/q;;-1;+1. The van der Waals surface area contributed by atoms with E-state index in [2.05, 4.69) is 9.47 Å². The molecule has 166 valence electrons. The molecule has 0 aliphatic heterocycles. The molecule has 0 saturated heterocycles. The molecule has 0 rings (SSSR count). The molecule has 0 spiro atoms. The second-order valence-electron chi connectivity index (χ2n) is 9.00. The van der Waals surface area contributed by atoms with Gasteiger partial charge in [0, 0.05) is 16.9 Å². The first kappa shape index (κ1) is 27.8. The molecule has 0 N–H and O–H groups in total. The Morgan fingerprint density at radius 1 is 0.759 bits per heavy atom. The van der Waals surface area contributed by atoms with E-state index < -0.39 is 37.3 Å². The third kappa shape index (κ3) is 10.9. The minimum atomic E-state index is -1.70. The monoisotopic (exact) mass is 428 g/mol. The van der Waals surface area contributed by atoms with E-state index in [0.29, 0.717) is 12.8 Å². The molecule has 0 bridgehead atoms. The normalized spacial score (nSPS) is 11.9. The molecular formula is C21H37AlO7. The van der Waals surface area contributed by atoms with Crippen molar-refractivity contribution in [3.8, 4) is 0 Å². The van der Waals surface area contributed by atoms with E-state index in [4.69, 9.17) is 3.79 Å². The summed E-state index contributed by atoms with van der Waals surface area (Å²) in [4.78, 5) is 47.6. The lowest BCUT2D eigenvalue weighted by atomic mass is 9.83. The molecule has 0 aromatic heterocycles. The smallest absolute Gasteiger partial charge is 0.461 e. The van der Waals surface area contributed by atoms with Gasteiger partial charge in [-0.25, -0.2) is 0 Å². The summed E-state index contributed by atoms with van der Waals surface area (Å²) < 4.78 is 15.3. The van der Waals surface area contributed by atoms with E-state index in [9.17, 15) is 19.2 Å². The molecule has 0 amide bonds. The van der Waals surface area contributed by atoms with Crippen molar-refractivity contribution in [2.45, 2.75) is 83.9 Å². The molecule has 29 heavy (non-hydrogen) atoms. The van der Waals surface area contributed by atoms with Gasteiger partial charge >= 0.3 is 26.4 Å². The molecule has 0 aromatic carbocycles. The molecule has 0 aromatic rings. The Bertz CT molecular complexity index is 536. The lowest BCUT2D eigenvalue weighted by Gasteiger charge is -2.27. The third-order valence-electron chi connectivity index (χ3n) is 5.22. The number of Topliss-reactive ketones (excluding diaryl/α,β-unsaturated/α-hetero) is 2. The highest BCUT2D eigenvalue weighted by atomic mass is 27.2. The van der Waals surface area contributed by atoms with Crippen LogP contribution in [0.1, 0.15) is 67.2 Å². The van der Waals surface area contributed by atoms with Crippen LogP contribution in [0.25, 0.3) is 0 Å². The van der Waals surface area contributed by atoms with Gasteiger partial charge in [0.2, 0.25) is 0 Å². The van der Waals surface area contributed by atoms with Gasteiger partial charge in [0.05, 0.1) is 14.2 Å². The number of carbonyl (C=O) groups is 4. The van der Waals surface area contributed by atoms with Crippen molar-refractivity contribution in [3.63, 3.8) is 0 Å². The lowest BCUT2D eigenvalue weighted by molar-refractivity contribution is -0.147. The van der Waals surface area contributed by atoms with Gasteiger partial charge in [-0.2, -0.15) is 0 Å². The number of rotatable bonds is 14. The van der Waals surface area contributed by atoms with Gasteiger partial charge in [-0.15, -0.1) is 0 Å². The zero-order valence-electron chi connectivity index (χ0n) is 19.3. The number of esters is 2. The average Bonchev–Trinajstić information content (AvgIpc) is 2.63. The van der Waals surface area contributed by atoms with Crippen molar-refractivity contribution < 1.29 is 32.4 Å². The number of carbonyl (C=O) groups excluding carboxylic acids is 4. The van der Waals surface area contributed by atoms with Crippen LogP contribution < -0.4 is 0 Å². The van der Waals surface area contributed by atoms with E-state index in [0.717, 1.165) is 10.6 Å². The molecule has 8 heteroatoms. The fraction of sp³-hybridized carbons (Fsp3) is 0.810. The van der Waals surface area contributed by atoms with Crippen LogP contribution in [-0.2, 0) is 32.4 Å². The van der Waals surface area contributed by atoms with E-state index in [1.54, 1.807) is 0 Å². The highest BCUT2D eigenvalue weighted by molar-refractivity contribution is 6.51. The van der Waals surface area contributed by atoms with E-state index in [1.807, 2.05) is 41.5 Å².